The van der Waals surface area contributed by atoms with Crippen molar-refractivity contribution in [1.82, 2.24) is 14.7 Å². The summed E-state index contributed by atoms with van der Waals surface area (Å²) in [6.45, 7) is 3.48. The lowest BCUT2D eigenvalue weighted by Crippen LogP contribution is -2.46. The van der Waals surface area contributed by atoms with Crippen molar-refractivity contribution in [1.29, 1.82) is 0 Å². The summed E-state index contributed by atoms with van der Waals surface area (Å²) in [6, 6.07) is 4.20. The van der Waals surface area contributed by atoms with E-state index >= 15 is 0 Å². The normalized spacial score (nSPS) is 17.8. The zero-order valence-corrected chi connectivity index (χ0v) is 20.5. The molecule has 2 amide bonds. The molecule has 1 unspecified atom stereocenters. The van der Waals surface area contributed by atoms with Gasteiger partial charge in [-0.25, -0.2) is 8.78 Å². The molecule has 8 nitrogen and oxygen atoms in total. The van der Waals surface area contributed by atoms with E-state index in [9.17, 15) is 23.5 Å². The molecule has 0 radical (unpaired) electrons. The zero-order valence-electron chi connectivity index (χ0n) is 20.5. The number of carbonyl (C=O) groups excluding carboxylic acids is 2. The summed E-state index contributed by atoms with van der Waals surface area (Å²) < 4.78 is 35.1. The van der Waals surface area contributed by atoms with E-state index in [1.807, 2.05) is 0 Å². The Morgan fingerprint density at radius 2 is 1.92 bits per heavy atom. The van der Waals surface area contributed by atoms with Gasteiger partial charge in [-0.15, -0.1) is 0 Å². The van der Waals surface area contributed by atoms with Crippen molar-refractivity contribution in [3.63, 3.8) is 0 Å². The third kappa shape index (κ3) is 6.48. The van der Waals surface area contributed by atoms with Gasteiger partial charge in [0.05, 0.1) is 18.7 Å². The molecule has 2 N–H and O–H groups in total. The lowest BCUT2D eigenvalue weighted by atomic mass is 9.84. The van der Waals surface area contributed by atoms with Crippen molar-refractivity contribution in [3.8, 4) is 5.75 Å². The highest BCUT2D eigenvalue weighted by Gasteiger charge is 2.36. The van der Waals surface area contributed by atoms with Crippen LogP contribution in [0.3, 0.4) is 0 Å². The van der Waals surface area contributed by atoms with Crippen molar-refractivity contribution < 1.29 is 28.2 Å². The molecule has 36 heavy (non-hydrogen) atoms. The first-order valence-corrected chi connectivity index (χ1v) is 12.3. The number of hydrogen-bond donors (Lipinski definition) is 2. The van der Waals surface area contributed by atoms with Gasteiger partial charge in [0.1, 0.15) is 11.8 Å². The number of nitrogens with one attached hydrogen (secondary N) is 1. The number of amides is 2. The number of hydrogen-bond acceptors (Lipinski definition) is 5. The summed E-state index contributed by atoms with van der Waals surface area (Å²) in [7, 11) is 0. The molecule has 1 aliphatic carbocycles. The molecule has 194 valence electrons. The number of ether oxygens (including phenoxy) is 1. The van der Waals surface area contributed by atoms with Crippen LogP contribution in [0.1, 0.15) is 52.4 Å². The Hall–Kier alpha value is -3.27. The van der Waals surface area contributed by atoms with Crippen molar-refractivity contribution in [2.75, 3.05) is 11.9 Å². The van der Waals surface area contributed by atoms with Crippen LogP contribution in [0.4, 0.5) is 14.6 Å². The van der Waals surface area contributed by atoms with Crippen LogP contribution in [0.5, 0.6) is 5.75 Å². The molecule has 0 bridgehead atoms. The van der Waals surface area contributed by atoms with E-state index in [4.69, 9.17) is 4.74 Å². The average Bonchev–Trinajstić information content (AvgIpc) is 3.39. The maximum atomic E-state index is 14.1. The molecule has 1 saturated carbocycles. The Balaban J connectivity index is 1.49. The molecular weight excluding hydrogens is 470 g/mol. The van der Waals surface area contributed by atoms with Crippen LogP contribution >= 0.6 is 0 Å². The van der Waals surface area contributed by atoms with Gasteiger partial charge in [-0.05, 0) is 38.3 Å². The second-order valence-electron chi connectivity index (χ2n) is 10.2. The van der Waals surface area contributed by atoms with Gasteiger partial charge in [-0.2, -0.15) is 5.10 Å². The third-order valence-electron chi connectivity index (χ3n) is 6.45. The van der Waals surface area contributed by atoms with E-state index in [0.29, 0.717) is 12.2 Å². The molecule has 0 saturated heterocycles. The van der Waals surface area contributed by atoms with Gasteiger partial charge in [0.2, 0.25) is 5.91 Å². The molecule has 2 aliphatic rings. The Morgan fingerprint density at radius 1 is 1.22 bits per heavy atom. The second-order valence-corrected chi connectivity index (χ2v) is 10.2. The predicted octanol–water partition coefficient (Wildman–Crippen LogP) is 4.01. The Kier molecular flexibility index (Phi) is 7.73. The van der Waals surface area contributed by atoms with Gasteiger partial charge in [0, 0.05) is 18.3 Å². The number of halogens is 2. The summed E-state index contributed by atoms with van der Waals surface area (Å²) in [5, 5.41) is 17.1. The lowest BCUT2D eigenvalue weighted by Gasteiger charge is -2.31. The predicted molar refractivity (Wildman–Crippen MR) is 129 cm³/mol. The van der Waals surface area contributed by atoms with Gasteiger partial charge in [-0.1, -0.05) is 38.2 Å². The quantitative estimate of drug-likeness (QED) is 0.540. The van der Waals surface area contributed by atoms with Crippen LogP contribution in [0.15, 0.2) is 42.3 Å². The maximum Gasteiger partial charge on any atom is 0.251 e. The highest BCUT2D eigenvalue weighted by molar-refractivity contribution is 5.99. The monoisotopic (exact) mass is 502 g/mol. The van der Waals surface area contributed by atoms with Gasteiger partial charge < -0.3 is 20.1 Å². The van der Waals surface area contributed by atoms with E-state index in [1.165, 1.54) is 21.7 Å². The number of carbonyl (C=O) groups is 2. The summed E-state index contributed by atoms with van der Waals surface area (Å²) >= 11 is 0. The summed E-state index contributed by atoms with van der Waals surface area (Å²) in [4.78, 5) is 27.7. The van der Waals surface area contributed by atoms with E-state index in [2.05, 4.69) is 10.4 Å². The molecule has 2 aromatic rings. The highest BCUT2D eigenvalue weighted by atomic mass is 19.1. The fourth-order valence-electron chi connectivity index (χ4n) is 4.79. The number of anilines is 1. The molecule has 10 heteroatoms. The largest absolute Gasteiger partial charge is 0.453 e. The van der Waals surface area contributed by atoms with Crippen molar-refractivity contribution >= 4 is 17.6 Å². The van der Waals surface area contributed by atoms with Crippen LogP contribution in [0.25, 0.3) is 0 Å². The highest BCUT2D eigenvalue weighted by Crippen LogP contribution is 2.31. The Labute approximate surface area is 208 Å². The molecular formula is C26H32F2N4O4. The Morgan fingerprint density at radius 3 is 2.58 bits per heavy atom. The van der Waals surface area contributed by atoms with Gasteiger partial charge in [0.25, 0.3) is 5.91 Å². The molecule has 1 aliphatic heterocycles. The van der Waals surface area contributed by atoms with Crippen LogP contribution < -0.4 is 10.1 Å². The molecule has 4 rings (SSSR count). The summed E-state index contributed by atoms with van der Waals surface area (Å²) in [6.07, 6.45) is 8.55. The summed E-state index contributed by atoms with van der Waals surface area (Å²) in [5.41, 5.74) is -0.974. The van der Waals surface area contributed by atoms with Crippen molar-refractivity contribution in [3.05, 3.63) is 53.9 Å². The van der Waals surface area contributed by atoms with Crippen molar-refractivity contribution in [2.24, 2.45) is 5.92 Å². The first-order chi connectivity index (χ1) is 17.1. The Bertz CT molecular complexity index is 1110. The standard InChI is InChI=1S/C26H32F2N4O4/c1-26(2,35)16-31-12-11-22(30-31)29-25(34)21(13-17-7-4-3-5-8-17)32-15-18(14-23(32)33)36-24-19(27)9-6-10-20(24)28/h6,9-12,14,17,21,35H,3-5,7-8,13,15-16H2,1-2H3,(H,29,30,34). The SMILES string of the molecule is CC(C)(O)Cn1ccc(NC(=O)C(CC2CCCCC2)N2CC(Oc3c(F)cccc3F)=CC2=O)n1. The lowest BCUT2D eigenvalue weighted by molar-refractivity contribution is -0.134. The van der Waals surface area contributed by atoms with Gasteiger partial charge in [-0.3, -0.25) is 14.3 Å². The minimum absolute atomic E-state index is 0.0694. The topological polar surface area (TPSA) is 96.7 Å². The van der Waals surface area contributed by atoms with E-state index < -0.39 is 40.8 Å². The average molecular weight is 503 g/mol. The minimum Gasteiger partial charge on any atom is -0.453 e. The second kappa shape index (κ2) is 10.8. The fraction of sp³-hybridized carbons (Fsp3) is 0.500. The molecule has 1 fully saturated rings. The molecule has 1 aromatic heterocycles. The number of nitrogens with zero attached hydrogens (tertiary/aromatic N) is 3. The van der Waals surface area contributed by atoms with Crippen LogP contribution in [-0.2, 0) is 16.1 Å². The summed E-state index contributed by atoms with van der Waals surface area (Å²) in [5.74, 6) is -2.52. The smallest absolute Gasteiger partial charge is 0.251 e. The first-order valence-electron chi connectivity index (χ1n) is 12.3. The third-order valence-corrected chi connectivity index (χ3v) is 6.45. The number of para-hydroxylation sites is 1. The molecule has 0 spiro atoms. The number of aliphatic hydroxyl groups is 1. The van der Waals surface area contributed by atoms with E-state index in [-0.39, 0.29) is 24.8 Å². The maximum absolute atomic E-state index is 14.1. The molecule has 1 atom stereocenters. The number of benzene rings is 1. The van der Waals surface area contributed by atoms with Gasteiger partial charge >= 0.3 is 0 Å². The fourth-order valence-corrected chi connectivity index (χ4v) is 4.79. The van der Waals surface area contributed by atoms with Crippen LogP contribution in [0, 0.1) is 17.6 Å². The number of rotatable bonds is 9. The van der Waals surface area contributed by atoms with E-state index in [1.54, 1.807) is 26.1 Å². The first kappa shape index (κ1) is 25.8. The van der Waals surface area contributed by atoms with Crippen molar-refractivity contribution in [2.45, 2.75) is 70.6 Å². The molecule has 1 aromatic carbocycles. The zero-order chi connectivity index (χ0) is 25.9. The van der Waals surface area contributed by atoms with Crippen LogP contribution in [0.2, 0.25) is 0 Å². The van der Waals surface area contributed by atoms with Crippen LogP contribution in [-0.4, -0.2) is 49.8 Å². The number of aromatic nitrogens is 2. The minimum atomic E-state index is -0.974. The van der Waals surface area contributed by atoms with Gasteiger partial charge in [0.15, 0.2) is 23.2 Å². The van der Waals surface area contributed by atoms with E-state index in [0.717, 1.165) is 44.2 Å². The molecule has 2 heterocycles.